The van der Waals surface area contributed by atoms with E-state index >= 15 is 0 Å². The summed E-state index contributed by atoms with van der Waals surface area (Å²) in [6.07, 6.45) is 0. The topological polar surface area (TPSA) is 121 Å². The van der Waals surface area contributed by atoms with Crippen LogP contribution in [0.15, 0.2) is 59.5 Å². The van der Waals surface area contributed by atoms with Gasteiger partial charge in [-0.25, -0.2) is 12.8 Å². The number of phenolic OH excluding ortho intramolecular Hbond substituents is 2. The zero-order chi connectivity index (χ0) is 20.9. The number of phenols is 2. The standard InChI is InChI=1S/C20H12FNO6S/c21-13-7-3-4-8-15(13)29(27,28)22-14-9-12-16(20(26)19(14)25)18(24)11-6-2-1-5-10(11)17(12)23/h1-9,22,25-26H. The first-order valence-electron chi connectivity index (χ1n) is 8.27. The Bertz CT molecular complexity index is 1320. The number of hydrogen-bond donors (Lipinski definition) is 3. The normalized spacial score (nSPS) is 13.0. The van der Waals surface area contributed by atoms with Crippen molar-refractivity contribution >= 4 is 27.3 Å². The molecule has 3 N–H and O–H groups in total. The van der Waals surface area contributed by atoms with Gasteiger partial charge in [-0.05, 0) is 18.2 Å². The van der Waals surface area contributed by atoms with E-state index in [0.717, 1.165) is 18.2 Å². The Balaban J connectivity index is 1.87. The highest BCUT2D eigenvalue weighted by atomic mass is 32.2. The summed E-state index contributed by atoms with van der Waals surface area (Å²) in [6, 6.07) is 11.4. The van der Waals surface area contributed by atoms with E-state index in [4.69, 9.17) is 0 Å². The first kappa shape index (κ1) is 18.6. The zero-order valence-electron chi connectivity index (χ0n) is 14.5. The van der Waals surface area contributed by atoms with Crippen LogP contribution in [0.1, 0.15) is 31.8 Å². The largest absolute Gasteiger partial charge is 0.504 e. The highest BCUT2D eigenvalue weighted by Crippen LogP contribution is 2.43. The Morgan fingerprint density at radius 3 is 2.03 bits per heavy atom. The van der Waals surface area contributed by atoms with Gasteiger partial charge in [-0.3, -0.25) is 14.3 Å². The van der Waals surface area contributed by atoms with Gasteiger partial charge in [0.2, 0.25) is 0 Å². The number of rotatable bonds is 3. The minimum Gasteiger partial charge on any atom is -0.504 e. The number of hydrogen-bond acceptors (Lipinski definition) is 6. The Labute approximate surface area is 164 Å². The molecule has 0 unspecified atom stereocenters. The van der Waals surface area contributed by atoms with E-state index in [1.54, 1.807) is 12.1 Å². The van der Waals surface area contributed by atoms with Crippen LogP contribution >= 0.6 is 0 Å². The lowest BCUT2D eigenvalue weighted by atomic mass is 9.83. The van der Waals surface area contributed by atoms with Gasteiger partial charge < -0.3 is 10.2 Å². The molecule has 0 radical (unpaired) electrons. The molecule has 0 saturated heterocycles. The monoisotopic (exact) mass is 413 g/mol. The number of anilines is 1. The second kappa shape index (κ2) is 6.42. The molecule has 29 heavy (non-hydrogen) atoms. The molecule has 146 valence electrons. The third-order valence-corrected chi connectivity index (χ3v) is 5.93. The zero-order valence-corrected chi connectivity index (χ0v) is 15.3. The number of carbonyl (C=O) groups excluding carboxylic acids is 2. The fraction of sp³-hybridized carbons (Fsp3) is 0. The highest BCUT2D eigenvalue weighted by molar-refractivity contribution is 7.92. The molecule has 0 saturated carbocycles. The average Bonchev–Trinajstić information content (AvgIpc) is 2.69. The molecule has 7 nitrogen and oxygen atoms in total. The minimum atomic E-state index is -4.49. The molecule has 0 spiro atoms. The van der Waals surface area contributed by atoms with E-state index in [1.165, 1.54) is 24.3 Å². The molecule has 9 heteroatoms. The van der Waals surface area contributed by atoms with Crippen molar-refractivity contribution in [3.63, 3.8) is 0 Å². The quantitative estimate of drug-likeness (QED) is 0.444. The molecule has 1 aliphatic rings. The molecule has 3 aromatic carbocycles. The highest BCUT2D eigenvalue weighted by Gasteiger charge is 2.35. The molecule has 0 atom stereocenters. The fourth-order valence-electron chi connectivity index (χ4n) is 3.17. The number of halogens is 1. The first-order chi connectivity index (χ1) is 13.7. The van der Waals surface area contributed by atoms with Crippen LogP contribution in [0.3, 0.4) is 0 Å². The number of carbonyl (C=O) groups is 2. The summed E-state index contributed by atoms with van der Waals surface area (Å²) in [5.41, 5.74) is -1.14. The second-order valence-electron chi connectivity index (χ2n) is 6.28. The summed E-state index contributed by atoms with van der Waals surface area (Å²) in [6.45, 7) is 0. The molecule has 1 aliphatic carbocycles. The van der Waals surface area contributed by atoms with Crippen molar-refractivity contribution in [3.8, 4) is 11.5 Å². The lowest BCUT2D eigenvalue weighted by molar-refractivity contribution is 0.0976. The molecule has 0 aliphatic heterocycles. The lowest BCUT2D eigenvalue weighted by Gasteiger charge is -2.20. The third-order valence-electron chi connectivity index (χ3n) is 4.53. The summed E-state index contributed by atoms with van der Waals surface area (Å²) in [4.78, 5) is 24.8. The Kier molecular flexibility index (Phi) is 4.12. The van der Waals surface area contributed by atoms with Crippen molar-refractivity contribution in [1.82, 2.24) is 0 Å². The molecule has 0 aromatic heterocycles. The van der Waals surface area contributed by atoms with Crippen molar-refractivity contribution < 1.29 is 32.6 Å². The summed E-state index contributed by atoms with van der Waals surface area (Å²) in [5.74, 6) is -4.24. The molecule has 4 rings (SSSR count). The van der Waals surface area contributed by atoms with Gasteiger partial charge >= 0.3 is 0 Å². The number of fused-ring (bicyclic) bond motifs is 2. The maximum absolute atomic E-state index is 13.9. The third kappa shape index (κ3) is 2.83. The van der Waals surface area contributed by atoms with Gasteiger partial charge in [0, 0.05) is 16.7 Å². The summed E-state index contributed by atoms with van der Waals surface area (Å²) in [5, 5.41) is 20.6. The van der Waals surface area contributed by atoms with Crippen molar-refractivity contribution in [2.24, 2.45) is 0 Å². The van der Waals surface area contributed by atoms with Crippen molar-refractivity contribution in [2.75, 3.05) is 4.72 Å². The van der Waals surface area contributed by atoms with Gasteiger partial charge in [-0.15, -0.1) is 0 Å². The van der Waals surface area contributed by atoms with Crippen LogP contribution in [0, 0.1) is 5.82 Å². The number of ketones is 2. The van der Waals surface area contributed by atoms with Crippen LogP contribution in [0.4, 0.5) is 10.1 Å². The Hall–Kier alpha value is -3.72. The van der Waals surface area contributed by atoms with E-state index in [2.05, 4.69) is 0 Å². The molecule has 0 bridgehead atoms. The number of aromatic hydroxyl groups is 2. The van der Waals surface area contributed by atoms with Gasteiger partial charge in [0.15, 0.2) is 23.1 Å². The van der Waals surface area contributed by atoms with Crippen molar-refractivity contribution in [1.29, 1.82) is 0 Å². The average molecular weight is 413 g/mol. The molecule has 3 aromatic rings. The van der Waals surface area contributed by atoms with E-state index < -0.39 is 55.1 Å². The number of nitrogens with one attached hydrogen (secondary N) is 1. The maximum atomic E-state index is 13.9. The van der Waals surface area contributed by atoms with Gasteiger partial charge in [-0.1, -0.05) is 36.4 Å². The van der Waals surface area contributed by atoms with Crippen LogP contribution in [-0.2, 0) is 10.0 Å². The van der Waals surface area contributed by atoms with Crippen molar-refractivity contribution in [2.45, 2.75) is 4.90 Å². The summed E-state index contributed by atoms with van der Waals surface area (Å²) in [7, 11) is -4.49. The van der Waals surface area contributed by atoms with E-state index in [0.29, 0.717) is 0 Å². The first-order valence-corrected chi connectivity index (χ1v) is 9.75. The molecular formula is C20H12FNO6S. The summed E-state index contributed by atoms with van der Waals surface area (Å²) < 4.78 is 40.8. The molecule has 0 amide bonds. The fourth-order valence-corrected chi connectivity index (χ4v) is 4.30. The SMILES string of the molecule is O=C1c2ccccc2C(=O)c2c1cc(NS(=O)(=O)c1ccccc1F)c(O)c2O. The molecule has 0 fully saturated rings. The van der Waals surface area contributed by atoms with Gasteiger partial charge in [0.25, 0.3) is 10.0 Å². The number of benzene rings is 3. The Morgan fingerprint density at radius 2 is 1.38 bits per heavy atom. The predicted molar refractivity (Wildman–Crippen MR) is 100 cm³/mol. The smallest absolute Gasteiger partial charge is 0.264 e. The summed E-state index contributed by atoms with van der Waals surface area (Å²) >= 11 is 0. The van der Waals surface area contributed by atoms with Gasteiger partial charge in [-0.2, -0.15) is 0 Å². The second-order valence-corrected chi connectivity index (χ2v) is 7.93. The van der Waals surface area contributed by atoms with Crippen molar-refractivity contribution in [3.05, 3.63) is 82.7 Å². The molecule has 0 heterocycles. The van der Waals surface area contributed by atoms with Crippen LogP contribution in [-0.4, -0.2) is 30.2 Å². The molecular weight excluding hydrogens is 401 g/mol. The van der Waals surface area contributed by atoms with Crippen LogP contribution < -0.4 is 4.72 Å². The number of sulfonamides is 1. The maximum Gasteiger partial charge on any atom is 0.264 e. The van der Waals surface area contributed by atoms with Crippen LogP contribution in [0.5, 0.6) is 11.5 Å². The van der Waals surface area contributed by atoms with Crippen LogP contribution in [0.25, 0.3) is 0 Å². The van der Waals surface area contributed by atoms with Crippen LogP contribution in [0.2, 0.25) is 0 Å². The Morgan fingerprint density at radius 1 is 0.793 bits per heavy atom. The predicted octanol–water partition coefficient (Wildman–Crippen LogP) is 2.81. The van der Waals surface area contributed by atoms with E-state index in [-0.39, 0.29) is 16.7 Å². The van der Waals surface area contributed by atoms with Gasteiger partial charge in [0.05, 0.1) is 11.3 Å². The van der Waals surface area contributed by atoms with Gasteiger partial charge in [0.1, 0.15) is 10.7 Å². The minimum absolute atomic E-state index is 0.0550. The van der Waals surface area contributed by atoms with E-state index in [9.17, 15) is 32.6 Å². The van der Waals surface area contributed by atoms with E-state index in [1.807, 2.05) is 4.72 Å². The lowest BCUT2D eigenvalue weighted by Crippen LogP contribution is -2.22.